The van der Waals surface area contributed by atoms with Gasteiger partial charge in [0.05, 0.1) is 17.7 Å². The monoisotopic (exact) mass is 383 g/mol. The second kappa shape index (κ2) is 7.73. The number of amides is 1. The van der Waals surface area contributed by atoms with Crippen LogP contribution in [0.15, 0.2) is 47.6 Å². The van der Waals surface area contributed by atoms with Gasteiger partial charge in [-0.15, -0.1) is 0 Å². The zero-order valence-corrected chi connectivity index (χ0v) is 17.0. The average molecular weight is 384 g/mol. The van der Waals surface area contributed by atoms with Crippen LogP contribution in [0.5, 0.6) is 0 Å². The van der Waals surface area contributed by atoms with E-state index in [2.05, 4.69) is 49.3 Å². The summed E-state index contributed by atoms with van der Waals surface area (Å²) in [5.74, 6) is 0.282. The molecule has 0 fully saturated rings. The molecule has 0 bridgehead atoms. The molecule has 0 saturated carbocycles. The number of anilines is 1. The fourth-order valence-electron chi connectivity index (χ4n) is 3.70. The maximum absolute atomic E-state index is 12.0. The van der Waals surface area contributed by atoms with E-state index in [4.69, 9.17) is 11.6 Å². The van der Waals surface area contributed by atoms with E-state index in [1.807, 2.05) is 36.4 Å². The number of hydrazone groups is 1. The summed E-state index contributed by atoms with van der Waals surface area (Å²) in [7, 11) is 2.11. The van der Waals surface area contributed by atoms with Gasteiger partial charge in [-0.25, -0.2) is 5.43 Å². The molecule has 2 aromatic rings. The number of nitrogens with zero attached hydrogens (tertiary/aromatic N) is 2. The maximum Gasteiger partial charge on any atom is 0.244 e. The molecule has 2 aromatic carbocycles. The van der Waals surface area contributed by atoms with Crippen molar-refractivity contribution in [3.8, 4) is 0 Å². The van der Waals surface area contributed by atoms with Gasteiger partial charge in [0, 0.05) is 23.8 Å². The first-order chi connectivity index (χ1) is 12.8. The lowest BCUT2D eigenvalue weighted by Crippen LogP contribution is -2.45. The molecule has 142 valence electrons. The normalized spacial score (nSPS) is 18.4. The predicted octanol–water partition coefficient (Wildman–Crippen LogP) is 4.75. The second-order valence-corrected chi connectivity index (χ2v) is 8.27. The van der Waals surface area contributed by atoms with Gasteiger partial charge in [0.2, 0.25) is 5.91 Å². The molecule has 1 N–H and O–H groups in total. The van der Waals surface area contributed by atoms with E-state index in [-0.39, 0.29) is 11.4 Å². The number of fused-ring (bicyclic) bond motifs is 1. The Morgan fingerprint density at radius 3 is 2.74 bits per heavy atom. The molecule has 0 aromatic heterocycles. The van der Waals surface area contributed by atoms with Gasteiger partial charge in [-0.2, -0.15) is 5.10 Å². The van der Waals surface area contributed by atoms with Gasteiger partial charge >= 0.3 is 0 Å². The Hall–Kier alpha value is -2.33. The number of benzene rings is 2. The van der Waals surface area contributed by atoms with Crippen molar-refractivity contribution in [2.24, 2.45) is 5.10 Å². The zero-order chi connectivity index (χ0) is 19.6. The Morgan fingerprint density at radius 2 is 2.04 bits per heavy atom. The van der Waals surface area contributed by atoms with E-state index >= 15 is 0 Å². The molecule has 0 radical (unpaired) electrons. The number of nitrogens with one attached hydrogen (secondary N) is 1. The highest BCUT2D eigenvalue weighted by molar-refractivity contribution is 6.33. The summed E-state index contributed by atoms with van der Waals surface area (Å²) in [6.45, 7) is 6.74. The topological polar surface area (TPSA) is 44.7 Å². The first-order valence-electron chi connectivity index (χ1n) is 9.21. The summed E-state index contributed by atoms with van der Waals surface area (Å²) < 4.78 is 0. The SMILES string of the molecule is CC1CC(C)(C)N(C)c2cc(Cl)c(/C=N\NC(=O)Cc3ccccc3)cc21. The molecule has 1 heterocycles. The highest BCUT2D eigenvalue weighted by Gasteiger charge is 2.34. The zero-order valence-electron chi connectivity index (χ0n) is 16.3. The Balaban J connectivity index is 1.73. The number of hydrogen-bond acceptors (Lipinski definition) is 3. The number of halogens is 1. The van der Waals surface area contributed by atoms with Gasteiger partial charge < -0.3 is 4.90 Å². The van der Waals surface area contributed by atoms with Crippen LogP contribution in [-0.4, -0.2) is 24.7 Å². The molecule has 0 saturated heterocycles. The summed E-state index contributed by atoms with van der Waals surface area (Å²) in [6, 6.07) is 13.7. The van der Waals surface area contributed by atoms with Gasteiger partial charge in [0.25, 0.3) is 0 Å². The Kier molecular flexibility index (Phi) is 5.56. The van der Waals surface area contributed by atoms with Crippen molar-refractivity contribution in [1.29, 1.82) is 0 Å². The van der Waals surface area contributed by atoms with Crippen LogP contribution < -0.4 is 10.3 Å². The lowest BCUT2D eigenvalue weighted by molar-refractivity contribution is -0.120. The summed E-state index contributed by atoms with van der Waals surface area (Å²) in [6.07, 6.45) is 2.99. The van der Waals surface area contributed by atoms with Gasteiger partial charge in [0.1, 0.15) is 0 Å². The molecule has 1 unspecified atom stereocenters. The van der Waals surface area contributed by atoms with Crippen molar-refractivity contribution >= 4 is 29.4 Å². The quantitative estimate of drug-likeness (QED) is 0.611. The molecular weight excluding hydrogens is 358 g/mol. The standard InChI is InChI=1S/C22H26ClN3O/c1-15-13-22(2,3)26(4)20-12-19(23)17(11-18(15)20)14-24-25-21(27)10-16-8-6-5-7-9-16/h5-9,11-12,14-15H,10,13H2,1-4H3,(H,25,27)/b24-14-. The Labute approximate surface area is 166 Å². The van der Waals surface area contributed by atoms with E-state index in [1.165, 1.54) is 5.56 Å². The van der Waals surface area contributed by atoms with Crippen LogP contribution in [0.25, 0.3) is 0 Å². The van der Waals surface area contributed by atoms with Crippen molar-refractivity contribution in [1.82, 2.24) is 5.43 Å². The number of carbonyl (C=O) groups excluding carboxylic acids is 1. The molecule has 3 rings (SSSR count). The van der Waals surface area contributed by atoms with Gasteiger partial charge in [-0.05, 0) is 49.4 Å². The first-order valence-corrected chi connectivity index (χ1v) is 9.59. The molecular formula is C22H26ClN3O. The van der Waals surface area contributed by atoms with Crippen molar-refractivity contribution in [3.63, 3.8) is 0 Å². The highest BCUT2D eigenvalue weighted by Crippen LogP contribution is 2.44. The molecule has 0 aliphatic carbocycles. The van der Waals surface area contributed by atoms with Crippen molar-refractivity contribution in [3.05, 3.63) is 64.2 Å². The fraction of sp³-hybridized carbons (Fsp3) is 0.364. The number of carbonyl (C=O) groups is 1. The van der Waals surface area contributed by atoms with Crippen LogP contribution in [0.4, 0.5) is 5.69 Å². The Bertz CT molecular complexity index is 861. The number of hydrogen-bond donors (Lipinski definition) is 1. The van der Waals surface area contributed by atoms with Crippen molar-refractivity contribution in [2.75, 3.05) is 11.9 Å². The lowest BCUT2D eigenvalue weighted by atomic mass is 9.80. The molecule has 1 amide bonds. The molecule has 1 aliphatic rings. The Morgan fingerprint density at radius 1 is 1.33 bits per heavy atom. The highest BCUT2D eigenvalue weighted by atomic mass is 35.5. The predicted molar refractivity (Wildman–Crippen MR) is 113 cm³/mol. The third-order valence-electron chi connectivity index (χ3n) is 5.35. The van der Waals surface area contributed by atoms with E-state index in [0.717, 1.165) is 23.2 Å². The minimum absolute atomic E-state index is 0.0940. The summed E-state index contributed by atoms with van der Waals surface area (Å²) in [4.78, 5) is 14.3. The van der Waals surface area contributed by atoms with Crippen LogP contribution in [-0.2, 0) is 11.2 Å². The van der Waals surface area contributed by atoms with Crippen LogP contribution in [0.1, 0.15) is 49.8 Å². The molecule has 4 nitrogen and oxygen atoms in total. The van der Waals surface area contributed by atoms with E-state index < -0.39 is 0 Å². The minimum Gasteiger partial charge on any atom is -0.369 e. The molecule has 0 spiro atoms. The van der Waals surface area contributed by atoms with Crippen molar-refractivity contribution < 1.29 is 4.79 Å². The smallest absolute Gasteiger partial charge is 0.244 e. The second-order valence-electron chi connectivity index (χ2n) is 7.86. The summed E-state index contributed by atoms with van der Waals surface area (Å²) >= 11 is 6.48. The van der Waals surface area contributed by atoms with Gasteiger partial charge in [-0.3, -0.25) is 4.79 Å². The lowest BCUT2D eigenvalue weighted by Gasteiger charge is -2.45. The van der Waals surface area contributed by atoms with Crippen LogP contribution in [0.2, 0.25) is 5.02 Å². The fourth-order valence-corrected chi connectivity index (χ4v) is 3.90. The summed E-state index contributed by atoms with van der Waals surface area (Å²) in [5.41, 5.74) is 6.87. The van der Waals surface area contributed by atoms with Crippen LogP contribution >= 0.6 is 11.6 Å². The maximum atomic E-state index is 12.0. The molecule has 5 heteroatoms. The number of rotatable bonds is 4. The van der Waals surface area contributed by atoms with Gasteiger partial charge in [0.15, 0.2) is 0 Å². The first kappa shape index (κ1) is 19.4. The third kappa shape index (κ3) is 4.33. The third-order valence-corrected chi connectivity index (χ3v) is 5.68. The largest absolute Gasteiger partial charge is 0.369 e. The van der Waals surface area contributed by atoms with E-state index in [9.17, 15) is 4.79 Å². The molecule has 1 atom stereocenters. The average Bonchev–Trinajstić information content (AvgIpc) is 2.61. The minimum atomic E-state index is -0.151. The summed E-state index contributed by atoms with van der Waals surface area (Å²) in [5, 5.41) is 4.73. The molecule has 1 aliphatic heterocycles. The van der Waals surface area contributed by atoms with Gasteiger partial charge in [-0.1, -0.05) is 48.9 Å². The van der Waals surface area contributed by atoms with Crippen molar-refractivity contribution in [2.45, 2.75) is 45.1 Å². The van der Waals surface area contributed by atoms with Crippen LogP contribution in [0, 0.1) is 0 Å². The van der Waals surface area contributed by atoms with E-state index in [1.54, 1.807) is 6.21 Å². The molecule has 27 heavy (non-hydrogen) atoms. The van der Waals surface area contributed by atoms with E-state index in [0.29, 0.717) is 17.4 Å². The van der Waals surface area contributed by atoms with Crippen LogP contribution in [0.3, 0.4) is 0 Å².